The predicted octanol–water partition coefficient (Wildman–Crippen LogP) is 10.2. The van der Waals surface area contributed by atoms with Crippen LogP contribution in [0.25, 0.3) is 33.5 Å². The van der Waals surface area contributed by atoms with Crippen molar-refractivity contribution in [1.29, 1.82) is 0 Å². The number of fused-ring (bicyclic) bond motifs is 3. The number of nitrogen functional groups attached to an aromatic ring is 3. The summed E-state index contributed by atoms with van der Waals surface area (Å²) < 4.78 is 79.9. The third-order valence-corrected chi connectivity index (χ3v) is 16.9. The minimum Gasteiger partial charge on any atom is -0.454 e. The molecule has 0 spiro atoms. The average Bonchev–Trinajstić information content (AvgIpc) is 1.67. The van der Waals surface area contributed by atoms with Gasteiger partial charge < -0.3 is 85.7 Å². The molecule has 14 N–H and O–H groups in total. The SMILES string of the molecule is C.C.C.CCOP(=O)(/C=C/[C@@H]1C[C@@H](OC(=O)c2ccccc2)[C@H](n2cnc3c(Cl)nc(N)nc32)O1)OCC.CN.CNc1nc(N)nc2c1ncn2[C@@H]1O[C@H](/C=C/P(=O)(O)O)C[C@H]1O.C[Si](C)(C)Br.Nc1nc(Br)c2ncn([C@@H]3O[C@H](/C=C/P(=O)(O)O)C[C@H]3OC(=O)c3ccccc3)c2n1. The first-order chi connectivity index (χ1) is 45.8. The fraction of sp³-hybridized carbons (Fsp3) is 0.407. The standard InChI is InChI=1S/C22H25ClN5O6P.C18H17BrN5O6P.C12H17N6O5P.C3H9BrSi.CH5N.3CH4/c1-3-31-35(30,32-4-2)11-10-15-12-16(34-21(29)14-8-6-5-7-9-14)20(33-15)28-13-25-17-18(23)26-22(24)27-19(17)28;19-14-13-15(23-18(20)22-14)24(9-21-13)16-12(8-11(29-16)6-7-31(26,27)28)30-17(25)10-4-2-1-3-5-10;1-14-9-8-10(17-12(13)16-9)18(5-15-8)11-7(19)4-6(23-11)2-3-24(20,21)22;1-5(2,3)4;1-2;;;/h5-11,13,15-16,20H,3-4,12H2,1-2H3,(H2,24,26,27);1-7,9,11-12,16H,8H2,(H2,20,22,23)(H2,26,27,28);2-3,5-7,11,19H,4H2,1H3,(H2,20,21,22)(H3,13,14,16,17);1-3H3;2H2,1H3;3*1H4/b11-10+;7-6+;3-2+;;;;;/t15-,16-,20-;11-,12-,16-;6-,7-,11-;;;;;/m111...../s1. The molecule has 0 saturated carbocycles. The Kier molecular flexibility index (Phi) is 32.4. The monoisotopic (exact) mass is 1620 g/mol. The maximum absolute atomic E-state index is 12.8. The number of aromatic nitrogens is 12. The first-order valence-electron chi connectivity index (χ1n) is 29.3. The Bertz CT molecular complexity index is 4230. The lowest BCUT2D eigenvalue weighted by Crippen LogP contribution is -2.25. The Morgan fingerprint density at radius 2 is 0.990 bits per heavy atom. The van der Waals surface area contributed by atoms with Crippen molar-refractivity contribution in [2.45, 2.75) is 130 Å². The number of esters is 2. The smallest absolute Gasteiger partial charge is 0.353 e. The lowest BCUT2D eigenvalue weighted by atomic mass is 10.2. The topological polar surface area (TPSA) is 498 Å². The number of carbonyl (C=O) groups is 2. The molecule has 34 nitrogen and oxygen atoms in total. The molecule has 9 heterocycles. The summed E-state index contributed by atoms with van der Waals surface area (Å²) in [5.41, 5.74) is 24.8. The number of nitrogens with two attached hydrogens (primary N) is 4. The quantitative estimate of drug-likeness (QED) is 0.0125. The van der Waals surface area contributed by atoms with E-state index in [0.29, 0.717) is 55.0 Å². The number of anilines is 4. The Morgan fingerprint density at radius 3 is 1.43 bits per heavy atom. The van der Waals surface area contributed by atoms with Crippen molar-refractivity contribution in [3.63, 3.8) is 0 Å². The molecule has 3 aliphatic rings. The van der Waals surface area contributed by atoms with Gasteiger partial charge in [0.1, 0.15) is 28.4 Å². The third kappa shape index (κ3) is 23.9. The Labute approximate surface area is 599 Å². The largest absolute Gasteiger partial charge is 0.454 e. The number of nitrogens with one attached hydrogen (secondary N) is 1. The number of halogens is 3. The van der Waals surface area contributed by atoms with E-state index in [4.69, 9.17) is 81.1 Å². The molecule has 3 aliphatic heterocycles. The van der Waals surface area contributed by atoms with Gasteiger partial charge in [-0.2, -0.15) is 24.9 Å². The number of carbonyl (C=O) groups excluding carboxylic acids is 2. The summed E-state index contributed by atoms with van der Waals surface area (Å²) in [4.78, 5) is 98.7. The number of imidazole rings is 3. The second kappa shape index (κ2) is 37.9. The van der Waals surface area contributed by atoms with Gasteiger partial charge in [0.2, 0.25) is 17.8 Å². The average molecular weight is 1620 g/mol. The van der Waals surface area contributed by atoms with E-state index >= 15 is 0 Å². The molecule has 41 heteroatoms. The minimum atomic E-state index is -4.38. The Hall–Kier alpha value is -6.83. The van der Waals surface area contributed by atoms with Gasteiger partial charge in [0.25, 0.3) is 0 Å². The molecule has 11 rings (SSSR count). The number of rotatable bonds is 18. The van der Waals surface area contributed by atoms with E-state index < -0.39 is 96.7 Å². The zero-order valence-corrected chi connectivity index (χ0v) is 60.6. The molecule has 9 atom stereocenters. The Balaban J connectivity index is 0.000000303. The van der Waals surface area contributed by atoms with Crippen LogP contribution in [0.5, 0.6) is 0 Å². The van der Waals surface area contributed by atoms with Gasteiger partial charge in [-0.25, -0.2) is 29.5 Å². The first-order valence-corrected chi connectivity index (χ1v) is 41.2. The van der Waals surface area contributed by atoms with E-state index in [1.165, 1.54) is 48.6 Å². The molecule has 6 aromatic heterocycles. The summed E-state index contributed by atoms with van der Waals surface area (Å²) in [6.07, 6.45) is 2.24. The molecule has 0 unspecified atom stereocenters. The van der Waals surface area contributed by atoms with Crippen LogP contribution >= 0.6 is 65.6 Å². The lowest BCUT2D eigenvalue weighted by Gasteiger charge is -2.20. The van der Waals surface area contributed by atoms with Crippen LogP contribution in [-0.2, 0) is 46.4 Å². The van der Waals surface area contributed by atoms with Crippen LogP contribution in [0.15, 0.2) is 120 Å². The minimum absolute atomic E-state index is 0. The number of hydrogen-bond donors (Lipinski definition) is 10. The van der Waals surface area contributed by atoms with Gasteiger partial charge >= 0.3 is 34.7 Å². The van der Waals surface area contributed by atoms with Gasteiger partial charge in [0, 0.05) is 43.8 Å². The van der Waals surface area contributed by atoms with Crippen molar-refractivity contribution in [1.82, 2.24) is 58.6 Å². The van der Waals surface area contributed by atoms with E-state index in [9.17, 15) is 28.4 Å². The highest BCUT2D eigenvalue weighted by atomic mass is 79.9. The summed E-state index contributed by atoms with van der Waals surface area (Å²) in [7, 11) is -8.93. The van der Waals surface area contributed by atoms with E-state index in [-0.39, 0.29) is 77.8 Å². The van der Waals surface area contributed by atoms with E-state index in [1.54, 1.807) is 96.8 Å². The molecule has 3 saturated heterocycles. The van der Waals surface area contributed by atoms with Crippen LogP contribution in [0, 0.1) is 0 Å². The van der Waals surface area contributed by atoms with Gasteiger partial charge in [0.15, 0.2) is 64.3 Å². The molecular weight excluding hydrogens is 1540 g/mol. The van der Waals surface area contributed by atoms with Gasteiger partial charge in [-0.05, 0) is 79.3 Å². The van der Waals surface area contributed by atoms with Crippen molar-refractivity contribution >= 4 is 141 Å². The molecule has 8 aromatic rings. The highest BCUT2D eigenvalue weighted by Crippen LogP contribution is 2.50. The van der Waals surface area contributed by atoms with Crippen molar-refractivity contribution in [3.05, 3.63) is 136 Å². The van der Waals surface area contributed by atoms with Crippen LogP contribution in [-0.4, -0.2) is 166 Å². The third-order valence-electron chi connectivity index (χ3n) is 13.2. The molecular formula is C59H85Br2ClN17O17P3Si. The van der Waals surface area contributed by atoms with Crippen molar-refractivity contribution in [3.8, 4) is 0 Å². The van der Waals surface area contributed by atoms with Gasteiger partial charge in [-0.3, -0.25) is 27.4 Å². The first kappa shape index (κ1) is 85.6. The zero-order valence-electron chi connectivity index (χ0n) is 53.0. The molecule has 0 amide bonds. The van der Waals surface area contributed by atoms with Crippen LogP contribution in [0.1, 0.15) is 94.8 Å². The molecule has 100 heavy (non-hydrogen) atoms. The van der Waals surface area contributed by atoms with Crippen LogP contribution in [0.3, 0.4) is 0 Å². The van der Waals surface area contributed by atoms with Crippen LogP contribution < -0.4 is 28.3 Å². The van der Waals surface area contributed by atoms with Crippen molar-refractivity contribution in [2.75, 3.05) is 49.8 Å². The lowest BCUT2D eigenvalue weighted by molar-refractivity contribution is -0.0381. The molecule has 548 valence electrons. The molecule has 0 bridgehead atoms. The number of aliphatic hydroxyl groups is 1. The van der Waals surface area contributed by atoms with Gasteiger partial charge in [-0.15, -0.1) is 15.3 Å². The van der Waals surface area contributed by atoms with E-state index in [2.05, 4.69) is 107 Å². The number of nitrogens with zero attached hydrogens (tertiary/aromatic N) is 12. The van der Waals surface area contributed by atoms with Crippen molar-refractivity contribution < 1.29 is 80.7 Å². The summed E-state index contributed by atoms with van der Waals surface area (Å²) in [6, 6.07) is 17.1. The molecule has 3 fully saturated rings. The summed E-state index contributed by atoms with van der Waals surface area (Å²) >= 11 is 13.0. The summed E-state index contributed by atoms with van der Waals surface area (Å²) in [6.45, 7) is 9.82. The molecule has 0 radical (unpaired) electrons. The van der Waals surface area contributed by atoms with Crippen molar-refractivity contribution in [2.24, 2.45) is 5.73 Å². The fourth-order valence-electron chi connectivity index (χ4n) is 9.46. The van der Waals surface area contributed by atoms with Gasteiger partial charge in [0.05, 0.1) is 61.6 Å². The second-order valence-corrected chi connectivity index (χ2v) is 38.9. The number of benzene rings is 2. The number of aliphatic hydroxyl groups excluding tert-OH is 1. The highest BCUT2D eigenvalue weighted by molar-refractivity contribution is 9.26. The normalized spacial score (nSPS) is 20.6. The summed E-state index contributed by atoms with van der Waals surface area (Å²) in [5.74, 6) is 2.28. The van der Waals surface area contributed by atoms with E-state index in [0.717, 1.165) is 11.6 Å². The van der Waals surface area contributed by atoms with Gasteiger partial charge in [-0.1, -0.05) is 89.9 Å². The van der Waals surface area contributed by atoms with E-state index in [1.807, 2.05) is 0 Å². The maximum atomic E-state index is 12.8. The fourth-order valence-corrected chi connectivity index (χ4v) is 12.3. The van der Waals surface area contributed by atoms with Crippen LogP contribution in [0.4, 0.5) is 23.7 Å². The summed E-state index contributed by atoms with van der Waals surface area (Å²) in [5, 5.41) is 13.2. The van der Waals surface area contributed by atoms with Crippen LogP contribution in [0.2, 0.25) is 24.8 Å². The molecule has 2 aromatic carbocycles. The second-order valence-electron chi connectivity index (χ2n) is 21.6. The molecule has 0 aliphatic carbocycles. The number of ether oxygens (including phenoxy) is 5. The zero-order chi connectivity index (χ0) is 71.2. The predicted molar refractivity (Wildman–Crippen MR) is 389 cm³/mol. The Morgan fingerprint density at radius 1 is 0.620 bits per heavy atom. The maximum Gasteiger partial charge on any atom is 0.353 e. The number of hydrogen-bond acceptors (Lipinski definition) is 27. The highest BCUT2D eigenvalue weighted by Gasteiger charge is 2.42.